The van der Waals surface area contributed by atoms with Crippen LogP contribution in [0.4, 0.5) is 5.69 Å². The number of primary amides is 1. The van der Waals surface area contributed by atoms with Crippen LogP contribution < -0.4 is 10.6 Å². The number of hydrogen-bond donors (Lipinski definition) is 2. The molecule has 0 bridgehead atoms. The fourth-order valence-electron chi connectivity index (χ4n) is 3.24. The van der Waals surface area contributed by atoms with Crippen LogP contribution in [0.3, 0.4) is 0 Å². The summed E-state index contributed by atoms with van der Waals surface area (Å²) < 4.78 is 0. The molecule has 2 aromatic carbocycles. The Morgan fingerprint density at radius 3 is 2.43 bits per heavy atom. The van der Waals surface area contributed by atoms with Crippen LogP contribution in [0, 0.1) is 0 Å². The number of hydrogen-bond acceptors (Lipinski definition) is 4. The van der Waals surface area contributed by atoms with Crippen molar-refractivity contribution in [2.75, 3.05) is 32.1 Å². The average molecular weight is 445 g/mol. The highest BCUT2D eigenvalue weighted by molar-refractivity contribution is 6.35. The summed E-state index contributed by atoms with van der Waals surface area (Å²) in [6.07, 6.45) is 0. The minimum atomic E-state index is -2.05. The maximum absolute atomic E-state index is 13.3. The lowest BCUT2D eigenvalue weighted by Crippen LogP contribution is -2.43. The van der Waals surface area contributed by atoms with E-state index in [1.54, 1.807) is 24.3 Å². The summed E-state index contributed by atoms with van der Waals surface area (Å²) in [5, 5.41) is 11.8. The molecule has 0 saturated carbocycles. The summed E-state index contributed by atoms with van der Waals surface area (Å²) in [5.74, 6) is -1.25. The summed E-state index contributed by atoms with van der Waals surface area (Å²) in [6, 6.07) is 9.39. The quantitative estimate of drug-likeness (QED) is 0.742. The van der Waals surface area contributed by atoms with Gasteiger partial charge in [0.05, 0.1) is 10.7 Å². The smallest absolute Gasteiger partial charge is 0.268 e. The minimum absolute atomic E-state index is 0. The number of carbonyl (C=O) groups is 2. The van der Waals surface area contributed by atoms with Gasteiger partial charge >= 0.3 is 0 Å². The number of aliphatic hydroxyl groups is 1. The number of rotatable bonds is 5. The van der Waals surface area contributed by atoms with E-state index in [4.69, 9.17) is 28.9 Å². The van der Waals surface area contributed by atoms with Gasteiger partial charge in [0.2, 0.25) is 5.91 Å². The lowest BCUT2D eigenvalue weighted by atomic mass is 9.87. The molecule has 0 aliphatic carbocycles. The van der Waals surface area contributed by atoms with Gasteiger partial charge in [-0.15, -0.1) is 12.4 Å². The summed E-state index contributed by atoms with van der Waals surface area (Å²) in [7, 11) is 3.74. The summed E-state index contributed by atoms with van der Waals surface area (Å²) in [6.45, 7) is 0.840. The van der Waals surface area contributed by atoms with Crippen LogP contribution in [0.2, 0.25) is 10.0 Å². The summed E-state index contributed by atoms with van der Waals surface area (Å²) in [5.41, 5.74) is 4.29. The van der Waals surface area contributed by atoms with E-state index >= 15 is 0 Å². The van der Waals surface area contributed by atoms with Crippen LogP contribution in [0.5, 0.6) is 0 Å². The van der Waals surface area contributed by atoms with Gasteiger partial charge in [0.15, 0.2) is 5.60 Å². The first-order chi connectivity index (χ1) is 12.7. The minimum Gasteiger partial charge on any atom is -0.372 e. The van der Waals surface area contributed by atoms with Crippen molar-refractivity contribution in [3.05, 3.63) is 63.1 Å². The Hall–Kier alpha value is -1.83. The largest absolute Gasteiger partial charge is 0.372 e. The van der Waals surface area contributed by atoms with Crippen LogP contribution in [-0.2, 0) is 10.4 Å². The van der Waals surface area contributed by atoms with Gasteiger partial charge < -0.3 is 20.6 Å². The van der Waals surface area contributed by atoms with Gasteiger partial charge in [0.1, 0.15) is 0 Å². The lowest BCUT2D eigenvalue weighted by Gasteiger charge is -2.25. The maximum Gasteiger partial charge on any atom is 0.268 e. The molecule has 28 heavy (non-hydrogen) atoms. The molecule has 1 unspecified atom stereocenters. The van der Waals surface area contributed by atoms with E-state index in [9.17, 15) is 14.7 Å². The molecular weight excluding hydrogens is 425 g/mol. The standard InChI is InChI=1S/C19H19Cl2N3O3.ClH/c1-23(2)7-8-24-15-10-11(17(22)25)9-14(21)16(15)19(27,18(24)26)12-5-3-4-6-13(12)20;/h3-6,9-10,27H,7-8H2,1-2H3,(H2,22,25);1H. The fraction of sp³-hybridized carbons (Fsp3) is 0.263. The number of halogens is 3. The number of anilines is 1. The number of carbonyl (C=O) groups excluding carboxylic acids is 2. The first-order valence-electron chi connectivity index (χ1n) is 8.25. The lowest BCUT2D eigenvalue weighted by molar-refractivity contribution is -0.132. The predicted octanol–water partition coefficient (Wildman–Crippen LogP) is 2.66. The molecule has 1 atom stereocenters. The number of amides is 2. The van der Waals surface area contributed by atoms with Gasteiger partial charge in [-0.3, -0.25) is 9.59 Å². The third-order valence-corrected chi connectivity index (χ3v) is 5.22. The zero-order valence-corrected chi connectivity index (χ0v) is 17.6. The Labute approximate surface area is 179 Å². The first-order valence-corrected chi connectivity index (χ1v) is 9.01. The highest BCUT2D eigenvalue weighted by atomic mass is 35.5. The second-order valence-corrected chi connectivity index (χ2v) is 7.48. The van der Waals surface area contributed by atoms with Gasteiger partial charge in [-0.05, 0) is 32.3 Å². The number of benzene rings is 2. The van der Waals surface area contributed by atoms with Gasteiger partial charge in [0, 0.05) is 34.8 Å². The normalized spacial score (nSPS) is 18.2. The van der Waals surface area contributed by atoms with Crippen molar-refractivity contribution in [2.24, 2.45) is 5.73 Å². The van der Waals surface area contributed by atoms with Crippen LogP contribution in [0.25, 0.3) is 0 Å². The van der Waals surface area contributed by atoms with Crippen LogP contribution >= 0.6 is 35.6 Å². The highest BCUT2D eigenvalue weighted by Crippen LogP contribution is 2.49. The molecule has 0 radical (unpaired) electrons. The van der Waals surface area contributed by atoms with Crippen molar-refractivity contribution >= 4 is 53.1 Å². The summed E-state index contributed by atoms with van der Waals surface area (Å²) >= 11 is 12.7. The third-order valence-electron chi connectivity index (χ3n) is 4.60. The van der Waals surface area contributed by atoms with Crippen molar-refractivity contribution in [3.8, 4) is 0 Å². The average Bonchev–Trinajstić information content (AvgIpc) is 2.82. The molecule has 0 saturated heterocycles. The van der Waals surface area contributed by atoms with Crippen LogP contribution in [-0.4, -0.2) is 49.0 Å². The number of nitrogens with zero attached hydrogens (tertiary/aromatic N) is 2. The molecule has 0 aromatic heterocycles. The van der Waals surface area contributed by atoms with Gasteiger partial charge in [-0.25, -0.2) is 0 Å². The molecule has 2 aromatic rings. The fourth-order valence-corrected chi connectivity index (χ4v) is 3.87. The molecule has 1 aliphatic heterocycles. The zero-order valence-electron chi connectivity index (χ0n) is 15.3. The highest BCUT2D eigenvalue weighted by Gasteiger charge is 2.53. The zero-order chi connectivity index (χ0) is 19.9. The molecule has 150 valence electrons. The van der Waals surface area contributed by atoms with E-state index < -0.39 is 17.4 Å². The number of nitrogens with two attached hydrogens (primary N) is 1. The molecule has 3 N–H and O–H groups in total. The molecule has 0 spiro atoms. The molecule has 0 fully saturated rings. The second kappa shape index (κ2) is 8.27. The monoisotopic (exact) mass is 443 g/mol. The molecule has 6 nitrogen and oxygen atoms in total. The van der Waals surface area contributed by atoms with E-state index in [1.165, 1.54) is 17.0 Å². The van der Waals surface area contributed by atoms with Crippen molar-refractivity contribution in [1.82, 2.24) is 4.90 Å². The van der Waals surface area contributed by atoms with Gasteiger partial charge in [0.25, 0.3) is 5.91 Å². The second-order valence-electron chi connectivity index (χ2n) is 6.67. The molecule has 1 aliphatic rings. The Morgan fingerprint density at radius 1 is 1.21 bits per heavy atom. The number of likely N-dealkylation sites (N-methyl/N-ethyl adjacent to an activating group) is 1. The van der Waals surface area contributed by atoms with Crippen LogP contribution in [0.1, 0.15) is 21.5 Å². The van der Waals surface area contributed by atoms with Crippen molar-refractivity contribution in [2.45, 2.75) is 5.60 Å². The molecule has 1 heterocycles. The Bertz CT molecular complexity index is 936. The first kappa shape index (κ1) is 22.5. The van der Waals surface area contributed by atoms with E-state index in [-0.39, 0.29) is 39.1 Å². The van der Waals surface area contributed by atoms with Crippen molar-refractivity contribution in [1.29, 1.82) is 0 Å². The molecule has 3 rings (SSSR count). The SMILES string of the molecule is CN(C)CCN1C(=O)C(O)(c2ccccc2Cl)c2c(Cl)cc(C(N)=O)cc21.Cl. The topological polar surface area (TPSA) is 86.9 Å². The van der Waals surface area contributed by atoms with Crippen LogP contribution in [0.15, 0.2) is 36.4 Å². The van der Waals surface area contributed by atoms with E-state index in [0.29, 0.717) is 18.8 Å². The Balaban J connectivity index is 0.00000280. The number of fused-ring (bicyclic) bond motifs is 1. The van der Waals surface area contributed by atoms with E-state index in [1.807, 2.05) is 19.0 Å². The Kier molecular flexibility index (Phi) is 6.63. The van der Waals surface area contributed by atoms with E-state index in [0.717, 1.165) is 0 Å². The van der Waals surface area contributed by atoms with Crippen molar-refractivity contribution < 1.29 is 14.7 Å². The molecular formula is C19H20Cl3N3O3. The van der Waals surface area contributed by atoms with Crippen molar-refractivity contribution in [3.63, 3.8) is 0 Å². The van der Waals surface area contributed by atoms with E-state index in [2.05, 4.69) is 0 Å². The summed E-state index contributed by atoms with van der Waals surface area (Å²) in [4.78, 5) is 28.3. The van der Waals surface area contributed by atoms with Gasteiger partial charge in [-0.2, -0.15) is 0 Å². The third kappa shape index (κ3) is 3.58. The van der Waals surface area contributed by atoms with Gasteiger partial charge in [-0.1, -0.05) is 41.4 Å². The Morgan fingerprint density at radius 2 is 1.86 bits per heavy atom. The molecule has 9 heteroatoms. The molecule has 2 amide bonds. The maximum atomic E-state index is 13.3. The predicted molar refractivity (Wildman–Crippen MR) is 113 cm³/mol.